The van der Waals surface area contributed by atoms with Gasteiger partial charge < -0.3 is 14.9 Å². The number of carbonyl (C=O) groups is 2. The molecule has 0 saturated carbocycles. The lowest BCUT2D eigenvalue weighted by atomic mass is 10.2. The van der Waals surface area contributed by atoms with Crippen LogP contribution in [0.5, 0.6) is 11.5 Å². The first kappa shape index (κ1) is 19.4. The number of carbonyl (C=O) groups excluding carboxylic acids is 1. The fourth-order valence-electron chi connectivity index (χ4n) is 2.50. The second kappa shape index (κ2) is 8.57. The van der Waals surface area contributed by atoms with Crippen LogP contribution in [0, 0.1) is 0 Å². The first-order valence-corrected chi connectivity index (χ1v) is 9.12. The summed E-state index contributed by atoms with van der Waals surface area (Å²) in [4.78, 5) is 25.0. The van der Waals surface area contributed by atoms with Crippen molar-refractivity contribution >= 4 is 40.7 Å². The second-order valence-electron chi connectivity index (χ2n) is 5.79. The number of amides is 1. The average Bonchev–Trinajstić information content (AvgIpc) is 2.98. The molecule has 1 saturated heterocycles. The summed E-state index contributed by atoms with van der Waals surface area (Å²) < 4.78 is 5.10. The van der Waals surface area contributed by atoms with Crippen LogP contribution < -0.4 is 9.64 Å². The van der Waals surface area contributed by atoms with Gasteiger partial charge in [-0.3, -0.25) is 14.5 Å². The maximum absolute atomic E-state index is 12.7. The lowest BCUT2D eigenvalue weighted by molar-refractivity contribution is -0.138. The number of benzene rings is 2. The van der Waals surface area contributed by atoms with Crippen molar-refractivity contribution in [1.82, 2.24) is 0 Å². The summed E-state index contributed by atoms with van der Waals surface area (Å²) >= 11 is 1.04. The number of anilines is 1. The zero-order valence-corrected chi connectivity index (χ0v) is 15.7. The molecule has 1 fully saturated rings. The van der Waals surface area contributed by atoms with Crippen molar-refractivity contribution in [2.24, 2.45) is 10.2 Å². The maximum atomic E-state index is 12.7. The van der Waals surface area contributed by atoms with Gasteiger partial charge in [0.2, 0.25) is 5.91 Å². The van der Waals surface area contributed by atoms with Gasteiger partial charge in [-0.25, -0.2) is 0 Å². The van der Waals surface area contributed by atoms with E-state index in [9.17, 15) is 14.7 Å². The number of carboxylic acids is 1. The number of ether oxygens (including phenoxy) is 1. The lowest BCUT2D eigenvalue weighted by Crippen LogP contribution is -2.32. The van der Waals surface area contributed by atoms with Crippen molar-refractivity contribution in [2.45, 2.75) is 11.7 Å². The van der Waals surface area contributed by atoms with Gasteiger partial charge in [0.05, 0.1) is 25.4 Å². The van der Waals surface area contributed by atoms with Gasteiger partial charge >= 0.3 is 5.97 Å². The summed E-state index contributed by atoms with van der Waals surface area (Å²) in [5.74, 6) is -0.687. The molecule has 2 N–H and O–H groups in total. The molecule has 0 bridgehead atoms. The molecule has 1 atom stereocenters. The number of rotatable bonds is 6. The van der Waals surface area contributed by atoms with E-state index in [-0.39, 0.29) is 17.3 Å². The van der Waals surface area contributed by atoms with Crippen LogP contribution in [-0.2, 0) is 9.59 Å². The number of hydrogen-bond donors (Lipinski definition) is 2. The average molecular weight is 399 g/mol. The van der Waals surface area contributed by atoms with E-state index >= 15 is 0 Å². The standard InChI is InChI=1S/C19H17N3O5S/c1-27-15-8-2-12(3-9-15)11-20-21-19-22(13-4-6-14(23)7-5-13)18(26)16(28-19)10-17(24)25/h2-9,11,16,23H,10H2,1H3,(H,24,25)/b20-11-,21-19-. The third-order valence-electron chi connectivity index (χ3n) is 3.87. The van der Waals surface area contributed by atoms with Gasteiger partial charge in [0.25, 0.3) is 0 Å². The molecular formula is C19H17N3O5S. The number of carboxylic acid groups (broad SMARTS) is 1. The van der Waals surface area contributed by atoms with Crippen LogP contribution in [0.15, 0.2) is 58.7 Å². The molecule has 0 spiro atoms. The topological polar surface area (TPSA) is 112 Å². The molecule has 8 nitrogen and oxygen atoms in total. The number of aliphatic carboxylic acids is 1. The van der Waals surface area contributed by atoms with Crippen LogP contribution >= 0.6 is 11.8 Å². The van der Waals surface area contributed by atoms with Gasteiger partial charge in [-0.1, -0.05) is 11.8 Å². The van der Waals surface area contributed by atoms with Gasteiger partial charge in [0, 0.05) is 0 Å². The zero-order valence-electron chi connectivity index (χ0n) is 14.8. The summed E-state index contributed by atoms with van der Waals surface area (Å²) in [5, 5.41) is 26.1. The molecule has 0 radical (unpaired) electrons. The predicted molar refractivity (Wildman–Crippen MR) is 107 cm³/mol. The van der Waals surface area contributed by atoms with E-state index in [0.29, 0.717) is 5.69 Å². The van der Waals surface area contributed by atoms with E-state index in [1.54, 1.807) is 43.5 Å². The van der Waals surface area contributed by atoms with E-state index < -0.39 is 17.1 Å². The summed E-state index contributed by atoms with van der Waals surface area (Å²) in [6, 6.07) is 13.2. The number of hydrogen-bond acceptors (Lipinski definition) is 7. The molecular weight excluding hydrogens is 382 g/mol. The van der Waals surface area contributed by atoms with E-state index in [0.717, 1.165) is 23.1 Å². The Kier molecular flexibility index (Phi) is 5.95. The highest BCUT2D eigenvalue weighted by atomic mass is 32.2. The van der Waals surface area contributed by atoms with Gasteiger partial charge in [-0.05, 0) is 54.1 Å². The summed E-state index contributed by atoms with van der Waals surface area (Å²) in [5.41, 5.74) is 1.26. The number of amidine groups is 1. The van der Waals surface area contributed by atoms with Crippen LogP contribution in [0.2, 0.25) is 0 Å². The largest absolute Gasteiger partial charge is 0.508 e. The molecule has 144 valence electrons. The van der Waals surface area contributed by atoms with Crippen LogP contribution in [0.25, 0.3) is 0 Å². The molecule has 0 aromatic heterocycles. The molecule has 1 amide bonds. The number of phenols is 1. The first-order chi connectivity index (χ1) is 13.5. The smallest absolute Gasteiger partial charge is 0.305 e. The molecule has 1 heterocycles. The van der Waals surface area contributed by atoms with Crippen molar-refractivity contribution in [1.29, 1.82) is 0 Å². The summed E-state index contributed by atoms with van der Waals surface area (Å²) in [6.07, 6.45) is 1.20. The number of methoxy groups -OCH3 is 1. The van der Waals surface area contributed by atoms with Gasteiger partial charge in [0.1, 0.15) is 16.7 Å². The fourth-order valence-corrected chi connectivity index (χ4v) is 3.58. The number of phenolic OH excluding ortho intramolecular Hbond substituents is 1. The normalized spacial score (nSPS) is 18.2. The number of aromatic hydroxyl groups is 1. The van der Waals surface area contributed by atoms with E-state index in [2.05, 4.69) is 10.2 Å². The van der Waals surface area contributed by atoms with Crippen molar-refractivity contribution in [3.05, 3.63) is 54.1 Å². The van der Waals surface area contributed by atoms with Crippen LogP contribution in [0.3, 0.4) is 0 Å². The SMILES string of the molecule is COc1ccc(/C=N\N=C2/SC(CC(=O)O)C(=O)N2c2ccc(O)cc2)cc1. The molecule has 9 heteroatoms. The first-order valence-electron chi connectivity index (χ1n) is 8.24. The van der Waals surface area contributed by atoms with E-state index in [1.165, 1.54) is 23.2 Å². The fraction of sp³-hybridized carbons (Fsp3) is 0.158. The van der Waals surface area contributed by atoms with Crippen molar-refractivity contribution in [3.63, 3.8) is 0 Å². The van der Waals surface area contributed by atoms with E-state index in [4.69, 9.17) is 9.84 Å². The van der Waals surface area contributed by atoms with Crippen LogP contribution in [0.4, 0.5) is 5.69 Å². The highest BCUT2D eigenvalue weighted by molar-refractivity contribution is 8.16. The lowest BCUT2D eigenvalue weighted by Gasteiger charge is -2.15. The second-order valence-corrected chi connectivity index (χ2v) is 6.96. The van der Waals surface area contributed by atoms with Crippen molar-refractivity contribution < 1.29 is 24.5 Å². The van der Waals surface area contributed by atoms with Gasteiger partial charge in [-0.2, -0.15) is 5.10 Å². The van der Waals surface area contributed by atoms with Crippen LogP contribution in [-0.4, -0.2) is 45.8 Å². The Bertz CT molecular complexity index is 926. The third kappa shape index (κ3) is 4.49. The Balaban J connectivity index is 1.86. The van der Waals surface area contributed by atoms with Gasteiger partial charge in [0.15, 0.2) is 5.17 Å². The molecule has 1 aliphatic heterocycles. The monoisotopic (exact) mass is 399 g/mol. The Morgan fingerprint density at radius 1 is 1.21 bits per heavy atom. The molecule has 2 aromatic rings. The highest BCUT2D eigenvalue weighted by Gasteiger charge is 2.40. The quantitative estimate of drug-likeness (QED) is 0.571. The molecule has 3 rings (SSSR count). The predicted octanol–water partition coefficient (Wildman–Crippen LogP) is 2.71. The minimum absolute atomic E-state index is 0.0566. The maximum Gasteiger partial charge on any atom is 0.305 e. The molecule has 0 aliphatic carbocycles. The van der Waals surface area contributed by atoms with Gasteiger partial charge in [-0.15, -0.1) is 5.10 Å². The highest BCUT2D eigenvalue weighted by Crippen LogP contribution is 2.34. The Hall–Kier alpha value is -3.33. The van der Waals surface area contributed by atoms with E-state index in [1.807, 2.05) is 0 Å². The minimum atomic E-state index is -1.07. The number of thioether (sulfide) groups is 1. The molecule has 1 unspecified atom stereocenters. The van der Waals surface area contributed by atoms with Crippen molar-refractivity contribution in [2.75, 3.05) is 12.0 Å². The molecule has 2 aromatic carbocycles. The Labute approximate surface area is 165 Å². The minimum Gasteiger partial charge on any atom is -0.508 e. The Morgan fingerprint density at radius 2 is 1.89 bits per heavy atom. The molecule has 28 heavy (non-hydrogen) atoms. The summed E-state index contributed by atoms with van der Waals surface area (Å²) in [6.45, 7) is 0. The number of nitrogens with zero attached hydrogens (tertiary/aromatic N) is 3. The third-order valence-corrected chi connectivity index (χ3v) is 5.00. The zero-order chi connectivity index (χ0) is 20.1. The van der Waals surface area contributed by atoms with Crippen molar-refractivity contribution in [3.8, 4) is 11.5 Å². The Morgan fingerprint density at radius 3 is 2.50 bits per heavy atom. The molecule has 1 aliphatic rings. The van der Waals surface area contributed by atoms with Crippen LogP contribution in [0.1, 0.15) is 12.0 Å². The summed E-state index contributed by atoms with van der Waals surface area (Å²) in [7, 11) is 1.58.